The fraction of sp³-hybridized carbons (Fsp3) is 0.148. The summed E-state index contributed by atoms with van der Waals surface area (Å²) in [4.78, 5) is 17.2. The minimum atomic E-state index is -3.78. The van der Waals surface area contributed by atoms with Crippen LogP contribution in [-0.4, -0.2) is 24.0 Å². The predicted octanol–water partition coefficient (Wildman–Crippen LogP) is 7.12. The molecule has 0 saturated heterocycles. The number of aromatic amines is 1. The van der Waals surface area contributed by atoms with Crippen molar-refractivity contribution in [2.45, 2.75) is 13.8 Å². The topological polar surface area (TPSA) is 68.4 Å². The van der Waals surface area contributed by atoms with Gasteiger partial charge in [-0.3, -0.25) is 9.36 Å². The zero-order chi connectivity index (χ0) is 24.1. The Morgan fingerprint density at radius 1 is 0.824 bits per heavy atom. The fourth-order valence-corrected chi connectivity index (χ4v) is 5.78. The Balaban J connectivity index is 2.09. The van der Waals surface area contributed by atoms with Crippen LogP contribution in [0.5, 0.6) is 0 Å². The van der Waals surface area contributed by atoms with Crippen LogP contribution in [-0.2, 0) is 13.6 Å². The highest BCUT2D eigenvalue weighted by atomic mass is 35.5. The first kappa shape index (κ1) is 24.2. The minimum Gasteiger partial charge on any atom is -0.347 e. The summed E-state index contributed by atoms with van der Waals surface area (Å²) in [6.45, 7) is 3.88. The van der Waals surface area contributed by atoms with Gasteiger partial charge in [-0.2, -0.15) is 0 Å². The van der Waals surface area contributed by atoms with Gasteiger partial charge in [-0.05, 0) is 37.1 Å². The Morgan fingerprint density at radius 3 is 1.94 bits per heavy atom. The van der Waals surface area contributed by atoms with Crippen molar-refractivity contribution in [3.63, 3.8) is 0 Å². The van der Waals surface area contributed by atoms with Gasteiger partial charge in [0.25, 0.3) is 0 Å². The lowest BCUT2D eigenvalue weighted by atomic mass is 9.93. The van der Waals surface area contributed by atoms with Crippen LogP contribution >= 0.6 is 19.2 Å². The van der Waals surface area contributed by atoms with E-state index in [1.807, 2.05) is 60.7 Å². The lowest BCUT2D eigenvalue weighted by Gasteiger charge is -2.18. The molecule has 0 spiro atoms. The van der Waals surface area contributed by atoms with Crippen LogP contribution in [0.15, 0.2) is 84.9 Å². The first-order chi connectivity index (χ1) is 16.5. The molecule has 0 amide bonds. The maximum atomic E-state index is 14.0. The van der Waals surface area contributed by atoms with Gasteiger partial charge in [0.05, 0.1) is 24.5 Å². The van der Waals surface area contributed by atoms with Gasteiger partial charge >= 0.3 is 7.60 Å². The van der Waals surface area contributed by atoms with E-state index in [1.54, 1.807) is 38.1 Å². The molecule has 0 atom stereocenters. The summed E-state index contributed by atoms with van der Waals surface area (Å²) in [7, 11) is -3.78. The second-order valence-corrected chi connectivity index (χ2v) is 9.89. The van der Waals surface area contributed by atoms with Crippen molar-refractivity contribution in [1.82, 2.24) is 4.98 Å². The Hall–Kier alpha value is -2.95. The van der Waals surface area contributed by atoms with Gasteiger partial charge in [0.15, 0.2) is 5.78 Å². The van der Waals surface area contributed by atoms with E-state index in [0.717, 1.165) is 11.1 Å². The molecule has 0 aliphatic carbocycles. The number of hydrogen-bond acceptors (Lipinski definition) is 4. The van der Waals surface area contributed by atoms with Crippen molar-refractivity contribution in [2.75, 3.05) is 13.2 Å². The maximum absolute atomic E-state index is 14.0. The number of carbonyl (C=O) groups excluding carboxylic acids is 1. The summed E-state index contributed by atoms with van der Waals surface area (Å²) in [5, 5.41) is 0.573. The molecular weight excluding hydrogens is 469 g/mol. The third-order valence-electron chi connectivity index (χ3n) is 5.31. The number of benzene rings is 3. The lowest BCUT2D eigenvalue weighted by molar-refractivity contribution is 0.104. The standard InChI is InChI=1S/C27H25ClNO4P/c1-3-32-34(31,33-4-2)27-23(19-11-7-5-8-12-19)24(26(30)21-13-9-6-10-14-21)25(29-27)20-15-17-22(28)18-16-20/h5-18,29H,3-4H2,1-2H3. The van der Waals surface area contributed by atoms with Crippen molar-refractivity contribution >= 4 is 30.4 Å². The van der Waals surface area contributed by atoms with Crippen LogP contribution in [0.4, 0.5) is 0 Å². The molecule has 0 radical (unpaired) electrons. The zero-order valence-corrected chi connectivity index (χ0v) is 20.6. The summed E-state index contributed by atoms with van der Waals surface area (Å²) in [6.07, 6.45) is 0. The summed E-state index contributed by atoms with van der Waals surface area (Å²) < 4.78 is 25.4. The van der Waals surface area contributed by atoms with E-state index in [1.165, 1.54) is 0 Å². The van der Waals surface area contributed by atoms with E-state index in [2.05, 4.69) is 4.98 Å². The quantitative estimate of drug-likeness (QED) is 0.199. The molecule has 0 aliphatic rings. The van der Waals surface area contributed by atoms with Gasteiger partial charge in [-0.1, -0.05) is 84.4 Å². The van der Waals surface area contributed by atoms with E-state index >= 15 is 0 Å². The molecule has 7 heteroatoms. The highest BCUT2D eigenvalue weighted by Gasteiger charge is 2.37. The monoisotopic (exact) mass is 493 g/mol. The molecule has 4 rings (SSSR count). The second-order valence-electron chi connectivity index (χ2n) is 7.50. The van der Waals surface area contributed by atoms with Gasteiger partial charge < -0.3 is 14.0 Å². The third kappa shape index (κ3) is 4.79. The summed E-state index contributed by atoms with van der Waals surface area (Å²) in [5.41, 5.74) is 3.66. The first-order valence-corrected chi connectivity index (χ1v) is 13.0. The summed E-state index contributed by atoms with van der Waals surface area (Å²) >= 11 is 6.12. The molecule has 0 fully saturated rings. The molecule has 1 heterocycles. The number of carbonyl (C=O) groups is 1. The van der Waals surface area contributed by atoms with Crippen LogP contribution in [0.25, 0.3) is 22.4 Å². The maximum Gasteiger partial charge on any atom is 0.378 e. The minimum absolute atomic E-state index is 0.183. The van der Waals surface area contributed by atoms with Crippen LogP contribution in [0, 0.1) is 0 Å². The van der Waals surface area contributed by atoms with Gasteiger partial charge in [-0.15, -0.1) is 0 Å². The third-order valence-corrected chi connectivity index (χ3v) is 7.64. The summed E-state index contributed by atoms with van der Waals surface area (Å²) in [5.74, 6) is -0.202. The summed E-state index contributed by atoms with van der Waals surface area (Å²) in [6, 6.07) is 25.5. The molecule has 0 aliphatic heterocycles. The number of hydrogen-bond donors (Lipinski definition) is 1. The normalized spacial score (nSPS) is 11.5. The molecule has 0 unspecified atom stereocenters. The average molecular weight is 494 g/mol. The van der Waals surface area contributed by atoms with Crippen molar-refractivity contribution in [1.29, 1.82) is 0 Å². The fourth-order valence-electron chi connectivity index (χ4n) is 3.88. The predicted molar refractivity (Wildman–Crippen MR) is 137 cm³/mol. The van der Waals surface area contributed by atoms with Gasteiger partial charge in [-0.25, -0.2) is 0 Å². The average Bonchev–Trinajstić information content (AvgIpc) is 3.27. The number of ketones is 1. The van der Waals surface area contributed by atoms with Crippen LogP contribution in [0.1, 0.15) is 29.8 Å². The molecule has 0 saturated carbocycles. The first-order valence-electron chi connectivity index (χ1n) is 11.0. The van der Waals surface area contributed by atoms with Crippen LogP contribution in [0.3, 0.4) is 0 Å². The van der Waals surface area contributed by atoms with Crippen molar-refractivity contribution in [3.05, 3.63) is 101 Å². The molecule has 1 aromatic heterocycles. The lowest BCUT2D eigenvalue weighted by Crippen LogP contribution is -2.15. The van der Waals surface area contributed by atoms with Crippen LogP contribution in [0.2, 0.25) is 5.02 Å². The van der Waals surface area contributed by atoms with Gasteiger partial charge in [0.2, 0.25) is 0 Å². The molecule has 4 aromatic rings. The van der Waals surface area contributed by atoms with Crippen molar-refractivity contribution in [2.24, 2.45) is 0 Å². The number of nitrogens with one attached hydrogen (secondary N) is 1. The van der Waals surface area contributed by atoms with E-state index < -0.39 is 7.60 Å². The SMILES string of the molecule is CCOP(=O)(OCC)c1[nH]c(-c2ccc(Cl)cc2)c(C(=O)c2ccccc2)c1-c1ccccc1. The van der Waals surface area contributed by atoms with Gasteiger partial charge in [0, 0.05) is 16.1 Å². The molecule has 0 bridgehead atoms. The van der Waals surface area contributed by atoms with E-state index in [9.17, 15) is 9.36 Å². The van der Waals surface area contributed by atoms with Crippen LogP contribution < -0.4 is 5.44 Å². The number of H-pyrrole nitrogens is 1. The molecule has 34 heavy (non-hydrogen) atoms. The van der Waals surface area contributed by atoms with E-state index in [-0.39, 0.29) is 24.4 Å². The largest absolute Gasteiger partial charge is 0.378 e. The second kappa shape index (κ2) is 10.5. The van der Waals surface area contributed by atoms with E-state index in [0.29, 0.717) is 27.4 Å². The Labute approximate surface area is 204 Å². The Kier molecular flexibility index (Phi) is 7.50. The number of aromatic nitrogens is 1. The highest BCUT2D eigenvalue weighted by molar-refractivity contribution is 7.62. The molecular formula is C27H25ClNO4P. The smallest absolute Gasteiger partial charge is 0.347 e. The van der Waals surface area contributed by atoms with E-state index in [4.69, 9.17) is 20.6 Å². The molecule has 174 valence electrons. The number of rotatable bonds is 9. The van der Waals surface area contributed by atoms with Crippen molar-refractivity contribution in [3.8, 4) is 22.4 Å². The molecule has 3 aromatic carbocycles. The Morgan fingerprint density at radius 2 is 1.38 bits per heavy atom. The van der Waals surface area contributed by atoms with Gasteiger partial charge in [0.1, 0.15) is 5.44 Å². The van der Waals surface area contributed by atoms with Crippen molar-refractivity contribution < 1.29 is 18.4 Å². The highest BCUT2D eigenvalue weighted by Crippen LogP contribution is 2.51. The molecule has 1 N–H and O–H groups in total. The Bertz CT molecular complexity index is 1310. The zero-order valence-electron chi connectivity index (χ0n) is 19.0. The number of halogens is 1. The molecule has 5 nitrogen and oxygen atoms in total.